The first kappa shape index (κ1) is 17.4. The van der Waals surface area contributed by atoms with Crippen LogP contribution in [0.1, 0.15) is 51.8 Å². The van der Waals surface area contributed by atoms with Crippen molar-refractivity contribution in [2.24, 2.45) is 17.6 Å². The molecule has 0 saturated carbocycles. The Labute approximate surface area is 126 Å². The fourth-order valence-corrected chi connectivity index (χ4v) is 3.56. The van der Waals surface area contributed by atoms with Gasteiger partial charge in [0, 0.05) is 27.8 Å². The van der Waals surface area contributed by atoms with Gasteiger partial charge in [0.1, 0.15) is 0 Å². The molecule has 0 aliphatic carbocycles. The lowest BCUT2D eigenvalue weighted by Crippen LogP contribution is -2.26. The van der Waals surface area contributed by atoms with Gasteiger partial charge in [0.25, 0.3) is 0 Å². The third-order valence-corrected chi connectivity index (χ3v) is 5.81. The van der Waals surface area contributed by atoms with Gasteiger partial charge in [0.05, 0.1) is 0 Å². The van der Waals surface area contributed by atoms with Crippen LogP contribution in [0.2, 0.25) is 0 Å². The van der Waals surface area contributed by atoms with Gasteiger partial charge in [-0.3, -0.25) is 4.21 Å². The number of rotatable bonds is 7. The van der Waals surface area contributed by atoms with Crippen molar-refractivity contribution in [2.45, 2.75) is 52.3 Å². The van der Waals surface area contributed by atoms with E-state index in [9.17, 15) is 4.21 Å². The first-order valence-electron chi connectivity index (χ1n) is 7.52. The highest BCUT2D eigenvalue weighted by molar-refractivity contribution is 7.85. The van der Waals surface area contributed by atoms with Gasteiger partial charge in [-0.25, -0.2) is 0 Å². The second kappa shape index (κ2) is 7.94. The van der Waals surface area contributed by atoms with Crippen LogP contribution in [0.4, 0.5) is 0 Å². The fraction of sp³-hybridized carbons (Fsp3) is 0.647. The van der Waals surface area contributed by atoms with E-state index in [1.54, 1.807) is 0 Å². The Bertz CT molecular complexity index is 425. The minimum absolute atomic E-state index is 0.134. The second-order valence-electron chi connectivity index (χ2n) is 6.44. The van der Waals surface area contributed by atoms with Gasteiger partial charge in [-0.1, -0.05) is 58.9 Å². The topological polar surface area (TPSA) is 43.1 Å². The molecule has 0 saturated heterocycles. The molecular weight excluding hydrogens is 266 g/mol. The van der Waals surface area contributed by atoms with E-state index in [0.29, 0.717) is 17.6 Å². The Morgan fingerprint density at radius 2 is 1.60 bits per heavy atom. The van der Waals surface area contributed by atoms with Crippen molar-refractivity contribution >= 4 is 10.8 Å². The lowest BCUT2D eigenvalue weighted by atomic mass is 10.0. The summed E-state index contributed by atoms with van der Waals surface area (Å²) in [6, 6.07) is 8.32. The van der Waals surface area contributed by atoms with Gasteiger partial charge < -0.3 is 5.73 Å². The lowest BCUT2D eigenvalue weighted by Gasteiger charge is -2.18. The minimum Gasteiger partial charge on any atom is -0.323 e. The summed E-state index contributed by atoms with van der Waals surface area (Å²) in [4.78, 5) is 0. The smallest absolute Gasteiger partial charge is 0.0431 e. The van der Waals surface area contributed by atoms with Crippen molar-refractivity contribution in [1.29, 1.82) is 0 Å². The zero-order valence-electron chi connectivity index (χ0n) is 13.4. The van der Waals surface area contributed by atoms with Gasteiger partial charge in [-0.15, -0.1) is 0 Å². The number of hydrogen-bond donors (Lipinski definition) is 1. The van der Waals surface area contributed by atoms with E-state index in [1.165, 1.54) is 5.56 Å². The molecule has 114 valence electrons. The maximum Gasteiger partial charge on any atom is 0.0431 e. The van der Waals surface area contributed by atoms with Crippen LogP contribution in [-0.4, -0.2) is 15.2 Å². The third kappa shape index (κ3) is 5.37. The van der Waals surface area contributed by atoms with E-state index in [2.05, 4.69) is 52.0 Å². The summed E-state index contributed by atoms with van der Waals surface area (Å²) in [7, 11) is -0.865. The molecule has 0 fully saturated rings. The van der Waals surface area contributed by atoms with Gasteiger partial charge in [-0.2, -0.15) is 0 Å². The average molecular weight is 295 g/mol. The zero-order valence-corrected chi connectivity index (χ0v) is 14.2. The summed E-state index contributed by atoms with van der Waals surface area (Å²) in [5.74, 6) is 1.63. The van der Waals surface area contributed by atoms with E-state index in [4.69, 9.17) is 5.73 Å². The lowest BCUT2D eigenvalue weighted by molar-refractivity contribution is 0.601. The molecule has 0 spiro atoms. The molecule has 0 radical (unpaired) electrons. The molecule has 0 aliphatic heterocycles. The molecule has 0 bridgehead atoms. The van der Waals surface area contributed by atoms with E-state index < -0.39 is 10.8 Å². The molecule has 0 heterocycles. The molecule has 3 atom stereocenters. The highest BCUT2D eigenvalue weighted by Crippen LogP contribution is 2.18. The summed E-state index contributed by atoms with van der Waals surface area (Å²) < 4.78 is 12.2. The normalized spacial score (nSPS) is 16.4. The maximum atomic E-state index is 12.2. The van der Waals surface area contributed by atoms with Gasteiger partial charge in [0.15, 0.2) is 0 Å². The average Bonchev–Trinajstić information content (AvgIpc) is 2.37. The van der Waals surface area contributed by atoms with Crippen molar-refractivity contribution in [2.75, 3.05) is 5.75 Å². The molecule has 1 aromatic carbocycles. The number of nitrogens with two attached hydrogens (primary N) is 1. The molecule has 2 nitrogen and oxygen atoms in total. The SMILES string of the molecule is CC(C)Cc1ccc(C(N)CS(=O)C(C)C(C)C)cc1. The van der Waals surface area contributed by atoms with Crippen LogP contribution < -0.4 is 5.73 Å². The maximum absolute atomic E-state index is 12.2. The van der Waals surface area contributed by atoms with E-state index >= 15 is 0 Å². The van der Waals surface area contributed by atoms with E-state index in [1.807, 2.05) is 6.92 Å². The van der Waals surface area contributed by atoms with Crippen LogP contribution in [0, 0.1) is 11.8 Å². The molecule has 20 heavy (non-hydrogen) atoms. The minimum atomic E-state index is -0.865. The van der Waals surface area contributed by atoms with Crippen LogP contribution in [0.5, 0.6) is 0 Å². The van der Waals surface area contributed by atoms with Crippen LogP contribution in [0.3, 0.4) is 0 Å². The number of benzene rings is 1. The van der Waals surface area contributed by atoms with Gasteiger partial charge >= 0.3 is 0 Å². The Kier molecular flexibility index (Phi) is 6.90. The van der Waals surface area contributed by atoms with Crippen LogP contribution in [0.15, 0.2) is 24.3 Å². The molecule has 0 aromatic heterocycles. The van der Waals surface area contributed by atoms with Crippen molar-refractivity contribution in [3.05, 3.63) is 35.4 Å². The zero-order chi connectivity index (χ0) is 15.3. The van der Waals surface area contributed by atoms with Gasteiger partial charge in [-0.05, 0) is 29.4 Å². The highest BCUT2D eigenvalue weighted by Gasteiger charge is 2.18. The summed E-state index contributed by atoms with van der Waals surface area (Å²) in [6.45, 7) is 10.7. The molecule has 2 N–H and O–H groups in total. The second-order valence-corrected chi connectivity index (χ2v) is 8.28. The number of hydrogen-bond acceptors (Lipinski definition) is 2. The molecule has 3 heteroatoms. The highest BCUT2D eigenvalue weighted by atomic mass is 32.2. The van der Waals surface area contributed by atoms with Crippen LogP contribution in [0.25, 0.3) is 0 Å². The van der Waals surface area contributed by atoms with Crippen molar-refractivity contribution in [1.82, 2.24) is 0 Å². The quantitative estimate of drug-likeness (QED) is 0.834. The largest absolute Gasteiger partial charge is 0.323 e. The van der Waals surface area contributed by atoms with Gasteiger partial charge in [0.2, 0.25) is 0 Å². The monoisotopic (exact) mass is 295 g/mol. The first-order valence-corrected chi connectivity index (χ1v) is 8.91. The van der Waals surface area contributed by atoms with E-state index in [0.717, 1.165) is 12.0 Å². The molecule has 0 amide bonds. The Hall–Kier alpha value is -0.670. The first-order chi connectivity index (χ1) is 9.31. The summed E-state index contributed by atoms with van der Waals surface area (Å²) in [5.41, 5.74) is 8.62. The summed E-state index contributed by atoms with van der Waals surface area (Å²) in [5, 5.41) is 0.196. The third-order valence-electron chi connectivity index (χ3n) is 3.75. The molecular formula is C17H29NOS. The molecule has 3 unspecified atom stereocenters. The molecule has 1 aromatic rings. The van der Waals surface area contributed by atoms with Crippen molar-refractivity contribution in [3.8, 4) is 0 Å². The van der Waals surface area contributed by atoms with Crippen molar-refractivity contribution in [3.63, 3.8) is 0 Å². The summed E-state index contributed by atoms with van der Waals surface area (Å²) >= 11 is 0. The van der Waals surface area contributed by atoms with Crippen LogP contribution >= 0.6 is 0 Å². The predicted molar refractivity (Wildman–Crippen MR) is 89.2 cm³/mol. The fourth-order valence-electron chi connectivity index (χ4n) is 2.10. The Morgan fingerprint density at radius 1 is 1.05 bits per heavy atom. The van der Waals surface area contributed by atoms with Crippen LogP contribution in [-0.2, 0) is 17.2 Å². The standard InChI is InChI=1S/C17H29NOS/c1-12(2)10-15-6-8-16(9-7-15)17(18)11-20(19)14(5)13(3)4/h6-9,12-14,17H,10-11,18H2,1-5H3. The molecule has 1 rings (SSSR count). The summed E-state index contributed by atoms with van der Waals surface area (Å²) in [6.07, 6.45) is 1.09. The van der Waals surface area contributed by atoms with E-state index in [-0.39, 0.29) is 11.3 Å². The Morgan fingerprint density at radius 3 is 2.05 bits per heavy atom. The predicted octanol–water partition coefficient (Wildman–Crippen LogP) is 3.68. The van der Waals surface area contributed by atoms with Crippen molar-refractivity contribution < 1.29 is 4.21 Å². The molecule has 0 aliphatic rings. The Balaban J connectivity index is 2.63.